The zero-order chi connectivity index (χ0) is 13.7. The van der Waals surface area contributed by atoms with Crippen LogP contribution >= 0.6 is 0 Å². The second-order valence-corrected chi connectivity index (χ2v) is 3.92. The number of aromatic carboxylic acids is 1. The molecule has 0 radical (unpaired) electrons. The molecule has 0 amide bonds. The van der Waals surface area contributed by atoms with Crippen LogP contribution in [0, 0.1) is 10.1 Å². The number of carboxylic acids is 1. The van der Waals surface area contributed by atoms with Crippen molar-refractivity contribution >= 4 is 17.3 Å². The molecule has 0 aliphatic heterocycles. The van der Waals surface area contributed by atoms with Crippen molar-refractivity contribution < 1.29 is 14.8 Å². The van der Waals surface area contributed by atoms with Gasteiger partial charge in [-0.1, -0.05) is 19.9 Å². The lowest BCUT2D eigenvalue weighted by Crippen LogP contribution is -2.20. The van der Waals surface area contributed by atoms with Gasteiger partial charge in [-0.05, 0) is 18.9 Å². The molecule has 1 rings (SSSR count). The summed E-state index contributed by atoms with van der Waals surface area (Å²) in [4.78, 5) is 21.4. The number of hydrogen-bond acceptors (Lipinski definition) is 4. The van der Waals surface area contributed by atoms with Gasteiger partial charge in [0.15, 0.2) is 0 Å². The second kappa shape index (κ2) is 6.00. The van der Waals surface area contributed by atoms with Crippen molar-refractivity contribution in [2.45, 2.75) is 32.7 Å². The van der Waals surface area contributed by atoms with Gasteiger partial charge in [0.25, 0.3) is 5.69 Å². The van der Waals surface area contributed by atoms with Crippen LogP contribution in [-0.2, 0) is 0 Å². The van der Waals surface area contributed by atoms with Crippen LogP contribution in [0.4, 0.5) is 11.4 Å². The molecule has 0 saturated heterocycles. The average molecular weight is 252 g/mol. The van der Waals surface area contributed by atoms with Crippen LogP contribution in [0.25, 0.3) is 0 Å². The minimum Gasteiger partial charge on any atom is -0.478 e. The Bertz CT molecular complexity index is 423. The molecule has 2 N–H and O–H groups in total. The van der Waals surface area contributed by atoms with Crippen LogP contribution in [0.5, 0.6) is 0 Å². The predicted molar refractivity (Wildman–Crippen MR) is 68.0 cm³/mol. The fourth-order valence-electron chi connectivity index (χ4n) is 1.72. The summed E-state index contributed by atoms with van der Waals surface area (Å²) in [6, 6.07) is 4.06. The molecule has 0 aromatic heterocycles. The first-order valence-electron chi connectivity index (χ1n) is 5.78. The summed E-state index contributed by atoms with van der Waals surface area (Å²) in [7, 11) is 0. The third kappa shape index (κ3) is 2.97. The Kier molecular flexibility index (Phi) is 4.65. The lowest BCUT2D eigenvalue weighted by Gasteiger charge is -2.17. The van der Waals surface area contributed by atoms with Crippen molar-refractivity contribution in [1.82, 2.24) is 0 Å². The van der Waals surface area contributed by atoms with Gasteiger partial charge in [-0.2, -0.15) is 0 Å². The van der Waals surface area contributed by atoms with E-state index in [0.29, 0.717) is 0 Å². The number of carbonyl (C=O) groups is 1. The minimum atomic E-state index is -1.17. The van der Waals surface area contributed by atoms with Crippen molar-refractivity contribution in [3.05, 3.63) is 33.9 Å². The van der Waals surface area contributed by atoms with Crippen molar-refractivity contribution in [3.63, 3.8) is 0 Å². The van der Waals surface area contributed by atoms with E-state index < -0.39 is 10.9 Å². The Morgan fingerprint density at radius 2 is 2.06 bits per heavy atom. The van der Waals surface area contributed by atoms with E-state index >= 15 is 0 Å². The molecule has 1 aromatic carbocycles. The summed E-state index contributed by atoms with van der Waals surface area (Å²) in [5, 5.41) is 23.0. The molecule has 18 heavy (non-hydrogen) atoms. The highest BCUT2D eigenvalue weighted by Crippen LogP contribution is 2.29. The number of benzene rings is 1. The van der Waals surface area contributed by atoms with Crippen LogP contribution in [0.15, 0.2) is 18.2 Å². The van der Waals surface area contributed by atoms with Gasteiger partial charge in [-0.15, -0.1) is 0 Å². The number of rotatable bonds is 6. The molecule has 6 nitrogen and oxygen atoms in total. The monoisotopic (exact) mass is 252 g/mol. The number of anilines is 1. The number of nitrogens with zero attached hydrogens (tertiary/aromatic N) is 1. The van der Waals surface area contributed by atoms with Crippen molar-refractivity contribution in [3.8, 4) is 0 Å². The zero-order valence-electron chi connectivity index (χ0n) is 10.3. The van der Waals surface area contributed by atoms with Crippen LogP contribution < -0.4 is 5.32 Å². The first-order chi connectivity index (χ1) is 8.51. The first kappa shape index (κ1) is 14.0. The quantitative estimate of drug-likeness (QED) is 0.599. The number of nitrogens with one attached hydrogen (secondary N) is 1. The number of para-hydroxylation sites is 1. The summed E-state index contributed by atoms with van der Waals surface area (Å²) >= 11 is 0. The molecule has 1 aromatic rings. The Labute approximate surface area is 105 Å². The van der Waals surface area contributed by atoms with E-state index in [2.05, 4.69) is 5.32 Å². The Morgan fingerprint density at radius 1 is 1.44 bits per heavy atom. The lowest BCUT2D eigenvalue weighted by atomic mass is 10.1. The van der Waals surface area contributed by atoms with E-state index in [9.17, 15) is 14.9 Å². The predicted octanol–water partition coefficient (Wildman–Crippen LogP) is 2.89. The molecule has 0 bridgehead atoms. The molecule has 0 aliphatic rings. The van der Waals surface area contributed by atoms with Gasteiger partial charge < -0.3 is 10.4 Å². The molecular formula is C12H16N2O4. The van der Waals surface area contributed by atoms with E-state index in [4.69, 9.17) is 5.11 Å². The standard InChI is InChI=1S/C12H16N2O4/c1-3-8(4-2)13-11-9(12(15)16)6-5-7-10(11)14(17)18/h5-8,13H,3-4H2,1-2H3,(H,15,16). The van der Waals surface area contributed by atoms with Crippen molar-refractivity contribution in [1.29, 1.82) is 0 Å². The average Bonchev–Trinajstić information content (AvgIpc) is 2.35. The molecule has 0 fully saturated rings. The van der Waals surface area contributed by atoms with Crippen LogP contribution in [0.2, 0.25) is 0 Å². The van der Waals surface area contributed by atoms with Crippen LogP contribution in [0.3, 0.4) is 0 Å². The van der Waals surface area contributed by atoms with Crippen molar-refractivity contribution in [2.24, 2.45) is 0 Å². The van der Waals surface area contributed by atoms with Gasteiger partial charge in [0.05, 0.1) is 10.5 Å². The molecule has 0 heterocycles. The van der Waals surface area contributed by atoms with Gasteiger partial charge >= 0.3 is 5.97 Å². The van der Waals surface area contributed by atoms with Gasteiger partial charge in [0, 0.05) is 12.1 Å². The first-order valence-corrected chi connectivity index (χ1v) is 5.78. The normalized spacial score (nSPS) is 10.4. The lowest BCUT2D eigenvalue weighted by molar-refractivity contribution is -0.384. The summed E-state index contributed by atoms with van der Waals surface area (Å²) in [5.74, 6) is -1.17. The van der Waals surface area contributed by atoms with E-state index in [0.717, 1.165) is 12.8 Å². The molecule has 0 aliphatic carbocycles. The fourth-order valence-corrected chi connectivity index (χ4v) is 1.72. The van der Waals surface area contributed by atoms with E-state index in [-0.39, 0.29) is 23.0 Å². The summed E-state index contributed by atoms with van der Waals surface area (Å²) in [6.07, 6.45) is 1.53. The smallest absolute Gasteiger partial charge is 0.338 e. The Balaban J connectivity index is 3.26. The Hall–Kier alpha value is -2.11. The number of nitro benzene ring substituents is 1. The summed E-state index contributed by atoms with van der Waals surface area (Å²) < 4.78 is 0. The SMILES string of the molecule is CCC(CC)Nc1c(C(=O)O)cccc1[N+](=O)[O-]. The highest BCUT2D eigenvalue weighted by Gasteiger charge is 2.22. The summed E-state index contributed by atoms with van der Waals surface area (Å²) in [6.45, 7) is 3.88. The third-order valence-corrected chi connectivity index (χ3v) is 2.80. The molecule has 0 spiro atoms. The minimum absolute atomic E-state index is 0.0178. The van der Waals surface area contributed by atoms with Crippen molar-refractivity contribution in [2.75, 3.05) is 5.32 Å². The molecular weight excluding hydrogens is 236 g/mol. The van der Waals surface area contributed by atoms with Gasteiger partial charge in [-0.3, -0.25) is 10.1 Å². The molecule has 0 atom stereocenters. The molecule has 6 heteroatoms. The third-order valence-electron chi connectivity index (χ3n) is 2.80. The largest absolute Gasteiger partial charge is 0.478 e. The van der Waals surface area contributed by atoms with Crippen LogP contribution in [-0.4, -0.2) is 22.0 Å². The number of hydrogen-bond donors (Lipinski definition) is 2. The number of nitro groups is 1. The molecule has 0 unspecified atom stereocenters. The molecule has 98 valence electrons. The summed E-state index contributed by atoms with van der Waals surface area (Å²) in [5.41, 5.74) is -0.193. The van der Waals surface area contributed by atoms with Crippen LogP contribution in [0.1, 0.15) is 37.0 Å². The van der Waals surface area contributed by atoms with Gasteiger partial charge in [-0.25, -0.2) is 4.79 Å². The highest BCUT2D eigenvalue weighted by atomic mass is 16.6. The topological polar surface area (TPSA) is 92.5 Å². The zero-order valence-corrected chi connectivity index (χ0v) is 10.3. The fraction of sp³-hybridized carbons (Fsp3) is 0.417. The highest BCUT2D eigenvalue weighted by molar-refractivity contribution is 5.96. The maximum absolute atomic E-state index is 11.1. The van der Waals surface area contributed by atoms with E-state index in [1.54, 1.807) is 0 Å². The van der Waals surface area contributed by atoms with Gasteiger partial charge in [0.1, 0.15) is 5.69 Å². The van der Waals surface area contributed by atoms with E-state index in [1.165, 1.54) is 18.2 Å². The molecule has 0 saturated carbocycles. The second-order valence-electron chi connectivity index (χ2n) is 3.92. The van der Waals surface area contributed by atoms with E-state index in [1.807, 2.05) is 13.8 Å². The maximum Gasteiger partial charge on any atom is 0.338 e. The van der Waals surface area contributed by atoms with Gasteiger partial charge in [0.2, 0.25) is 0 Å². The Morgan fingerprint density at radius 3 is 2.50 bits per heavy atom. The maximum atomic E-state index is 11.1. The number of carboxylic acid groups (broad SMARTS) is 1.